The molecular weight excluding hydrogens is 280 g/mol. The second-order valence-corrected chi connectivity index (χ2v) is 8.99. The molecule has 1 N–H and O–H groups in total. The van der Waals surface area contributed by atoms with Crippen LogP contribution in [0.2, 0.25) is 0 Å². The van der Waals surface area contributed by atoms with Crippen LogP contribution in [0.25, 0.3) is 0 Å². The normalized spacial score (nSPS) is 25.4. The summed E-state index contributed by atoms with van der Waals surface area (Å²) in [4.78, 5) is 5.00. The third kappa shape index (κ3) is 3.85. The maximum absolute atomic E-state index is 5.21. The molecule has 1 aliphatic carbocycles. The van der Waals surface area contributed by atoms with E-state index in [2.05, 4.69) is 45.3 Å². The number of aromatic nitrogens is 1. The summed E-state index contributed by atoms with van der Waals surface area (Å²) in [5, 5.41) is 7.25. The predicted octanol–water partition coefficient (Wildman–Crippen LogP) is 4.08. The maximum Gasteiger partial charge on any atom is 0.113 e. The van der Waals surface area contributed by atoms with E-state index in [1.54, 1.807) is 7.11 Å². The lowest BCUT2D eigenvalue weighted by Gasteiger charge is -2.30. The lowest BCUT2D eigenvalue weighted by Crippen LogP contribution is -2.42. The Hall–Kier alpha value is -0.450. The molecule has 3 nitrogen and oxygen atoms in total. The molecule has 1 atom stereocenters. The van der Waals surface area contributed by atoms with Crippen LogP contribution in [0.4, 0.5) is 0 Å². The molecule has 1 aliphatic rings. The Morgan fingerprint density at radius 2 is 2.05 bits per heavy atom. The third-order valence-corrected chi connectivity index (χ3v) is 5.51. The van der Waals surface area contributed by atoms with E-state index >= 15 is 0 Å². The second kappa shape index (κ2) is 5.98. The number of hydrogen-bond acceptors (Lipinski definition) is 4. The van der Waals surface area contributed by atoms with Gasteiger partial charge in [-0.15, -0.1) is 11.3 Å². The molecule has 0 spiro atoms. The lowest BCUT2D eigenvalue weighted by atomic mass is 9.87. The van der Waals surface area contributed by atoms with Gasteiger partial charge < -0.3 is 10.1 Å². The summed E-state index contributed by atoms with van der Waals surface area (Å²) in [6.07, 6.45) is 3.57. The number of methoxy groups -OCH3 is 1. The molecule has 0 aliphatic heterocycles. The van der Waals surface area contributed by atoms with Gasteiger partial charge in [0.1, 0.15) is 5.01 Å². The van der Waals surface area contributed by atoms with Crippen LogP contribution in [-0.2, 0) is 15.7 Å². The average Bonchev–Trinajstić information content (AvgIpc) is 2.95. The fraction of sp³-hybridized carbons (Fsp3) is 0.824. The molecule has 1 unspecified atom stereocenters. The third-order valence-electron chi connectivity index (χ3n) is 4.46. The first-order valence-electron chi connectivity index (χ1n) is 7.89. The maximum atomic E-state index is 5.21. The average molecular weight is 311 g/mol. The highest BCUT2D eigenvalue weighted by molar-refractivity contribution is 7.09. The van der Waals surface area contributed by atoms with Gasteiger partial charge in [-0.1, -0.05) is 34.6 Å². The van der Waals surface area contributed by atoms with Crippen molar-refractivity contribution in [3.05, 3.63) is 16.1 Å². The van der Waals surface area contributed by atoms with Crippen LogP contribution in [0, 0.1) is 5.41 Å². The Balaban J connectivity index is 2.26. The van der Waals surface area contributed by atoms with Crippen molar-refractivity contribution in [1.82, 2.24) is 10.3 Å². The molecule has 1 aromatic heterocycles. The number of thiazole rings is 1. The summed E-state index contributed by atoms with van der Waals surface area (Å²) >= 11 is 1.82. The highest BCUT2D eigenvalue weighted by Gasteiger charge is 2.46. The van der Waals surface area contributed by atoms with Crippen LogP contribution in [-0.4, -0.2) is 25.2 Å². The number of rotatable bonds is 5. The van der Waals surface area contributed by atoms with Crippen molar-refractivity contribution < 1.29 is 4.74 Å². The number of ether oxygens (including phenoxy) is 1. The standard InChI is InChI=1S/C17H30N2OS/c1-15(2,3)13-11-21-14(19-13)17(18-9-10-20-6)8-7-16(4,5)12-17/h11,18H,7-10,12H2,1-6H3. The zero-order valence-corrected chi connectivity index (χ0v) is 15.2. The molecule has 4 heteroatoms. The monoisotopic (exact) mass is 310 g/mol. The van der Waals surface area contributed by atoms with E-state index in [9.17, 15) is 0 Å². The Bertz CT molecular complexity index is 475. The van der Waals surface area contributed by atoms with E-state index in [0.717, 1.165) is 19.6 Å². The Kier molecular flexibility index (Phi) is 4.81. The minimum Gasteiger partial charge on any atom is -0.383 e. The predicted molar refractivity (Wildman–Crippen MR) is 90.0 cm³/mol. The van der Waals surface area contributed by atoms with Crippen molar-refractivity contribution in [1.29, 1.82) is 0 Å². The molecule has 2 rings (SSSR count). The second-order valence-electron chi connectivity index (χ2n) is 8.13. The number of hydrogen-bond donors (Lipinski definition) is 1. The molecule has 0 amide bonds. The van der Waals surface area contributed by atoms with E-state index in [4.69, 9.17) is 9.72 Å². The van der Waals surface area contributed by atoms with Gasteiger partial charge in [0.05, 0.1) is 17.8 Å². The lowest BCUT2D eigenvalue weighted by molar-refractivity contribution is 0.180. The molecule has 21 heavy (non-hydrogen) atoms. The van der Waals surface area contributed by atoms with Gasteiger partial charge >= 0.3 is 0 Å². The summed E-state index contributed by atoms with van der Waals surface area (Å²) in [5.41, 5.74) is 1.75. The molecule has 1 fully saturated rings. The van der Waals surface area contributed by atoms with E-state index in [0.29, 0.717) is 5.41 Å². The largest absolute Gasteiger partial charge is 0.383 e. The summed E-state index contributed by atoms with van der Waals surface area (Å²) < 4.78 is 5.21. The summed E-state index contributed by atoms with van der Waals surface area (Å²) in [5.74, 6) is 0. The number of nitrogens with one attached hydrogen (secondary N) is 1. The van der Waals surface area contributed by atoms with Crippen molar-refractivity contribution >= 4 is 11.3 Å². The van der Waals surface area contributed by atoms with E-state index < -0.39 is 0 Å². The smallest absolute Gasteiger partial charge is 0.113 e. The fourth-order valence-electron chi connectivity index (χ4n) is 3.18. The Morgan fingerprint density at radius 1 is 1.33 bits per heavy atom. The first-order valence-corrected chi connectivity index (χ1v) is 8.77. The first-order chi connectivity index (χ1) is 9.69. The van der Waals surface area contributed by atoms with Gasteiger partial charge in [-0.05, 0) is 24.7 Å². The minimum absolute atomic E-state index is 0.0379. The van der Waals surface area contributed by atoms with E-state index in [1.807, 2.05) is 11.3 Å². The van der Waals surface area contributed by atoms with Gasteiger partial charge in [0, 0.05) is 24.4 Å². The van der Waals surface area contributed by atoms with Gasteiger partial charge in [0.2, 0.25) is 0 Å². The molecule has 0 saturated heterocycles. The Morgan fingerprint density at radius 3 is 2.52 bits per heavy atom. The highest BCUT2D eigenvalue weighted by atomic mass is 32.1. The van der Waals surface area contributed by atoms with Crippen molar-refractivity contribution in [3.63, 3.8) is 0 Å². The SMILES string of the molecule is COCCNC1(c2nc(C(C)(C)C)cs2)CCC(C)(C)C1. The quantitative estimate of drug-likeness (QED) is 0.832. The van der Waals surface area contributed by atoms with Crippen LogP contribution in [0.1, 0.15) is 64.6 Å². The van der Waals surface area contributed by atoms with Crippen molar-refractivity contribution in [2.75, 3.05) is 20.3 Å². The van der Waals surface area contributed by atoms with Crippen molar-refractivity contribution in [2.45, 2.75) is 64.8 Å². The molecule has 0 aromatic carbocycles. The fourth-order valence-corrected chi connectivity index (χ4v) is 4.44. The molecule has 120 valence electrons. The number of nitrogens with zero attached hydrogens (tertiary/aromatic N) is 1. The summed E-state index contributed by atoms with van der Waals surface area (Å²) in [6, 6.07) is 0. The van der Waals surface area contributed by atoms with Gasteiger partial charge in [0.15, 0.2) is 0 Å². The summed E-state index contributed by atoms with van der Waals surface area (Å²) in [7, 11) is 1.76. The van der Waals surface area contributed by atoms with Crippen LogP contribution in [0.5, 0.6) is 0 Å². The van der Waals surface area contributed by atoms with Gasteiger partial charge in [-0.2, -0.15) is 0 Å². The van der Waals surface area contributed by atoms with E-state index in [-0.39, 0.29) is 11.0 Å². The first kappa shape index (κ1) is 16.9. The summed E-state index contributed by atoms with van der Waals surface area (Å²) in [6.45, 7) is 13.1. The zero-order chi connectivity index (χ0) is 15.7. The molecule has 1 saturated carbocycles. The van der Waals surface area contributed by atoms with Crippen LogP contribution >= 0.6 is 11.3 Å². The topological polar surface area (TPSA) is 34.1 Å². The minimum atomic E-state index is 0.0379. The zero-order valence-electron chi connectivity index (χ0n) is 14.4. The highest BCUT2D eigenvalue weighted by Crippen LogP contribution is 2.49. The molecule has 1 heterocycles. The molecule has 0 bridgehead atoms. The van der Waals surface area contributed by atoms with Crippen LogP contribution in [0.15, 0.2) is 5.38 Å². The Labute approximate surface area is 133 Å². The van der Waals surface area contributed by atoms with Crippen molar-refractivity contribution in [3.8, 4) is 0 Å². The molecule has 1 aromatic rings. The van der Waals surface area contributed by atoms with Crippen LogP contribution in [0.3, 0.4) is 0 Å². The van der Waals surface area contributed by atoms with E-state index in [1.165, 1.54) is 23.5 Å². The molecular formula is C17H30N2OS. The molecule has 0 radical (unpaired) electrons. The van der Waals surface area contributed by atoms with Crippen molar-refractivity contribution in [2.24, 2.45) is 5.41 Å². The van der Waals surface area contributed by atoms with Gasteiger partial charge in [-0.3, -0.25) is 0 Å². The van der Waals surface area contributed by atoms with Gasteiger partial charge in [0.25, 0.3) is 0 Å². The van der Waals surface area contributed by atoms with Crippen LogP contribution < -0.4 is 5.32 Å². The van der Waals surface area contributed by atoms with Gasteiger partial charge in [-0.25, -0.2) is 4.98 Å².